The van der Waals surface area contributed by atoms with Crippen molar-refractivity contribution in [2.24, 2.45) is 5.73 Å². The summed E-state index contributed by atoms with van der Waals surface area (Å²) in [6.07, 6.45) is 0. The molecule has 0 radical (unpaired) electrons. The third-order valence-electron chi connectivity index (χ3n) is 2.03. The Morgan fingerprint density at radius 1 is 1.61 bits per heavy atom. The van der Waals surface area contributed by atoms with Crippen molar-refractivity contribution in [3.8, 4) is 0 Å². The third-order valence-corrected chi connectivity index (χ3v) is 5.54. The lowest BCUT2D eigenvalue weighted by Gasteiger charge is -2.23. The van der Waals surface area contributed by atoms with Crippen molar-refractivity contribution in [2.75, 3.05) is 6.54 Å². The number of hydrogen-bond acceptors (Lipinski definition) is 6. The van der Waals surface area contributed by atoms with E-state index >= 15 is 0 Å². The summed E-state index contributed by atoms with van der Waals surface area (Å²) in [6, 6.07) is 0.932. The van der Waals surface area contributed by atoms with Gasteiger partial charge in [0.25, 0.3) is 15.7 Å². The molecule has 0 aliphatic heterocycles. The van der Waals surface area contributed by atoms with Gasteiger partial charge in [-0.25, -0.2) is 13.1 Å². The van der Waals surface area contributed by atoms with Gasteiger partial charge >= 0.3 is 0 Å². The Morgan fingerprint density at radius 3 is 2.56 bits per heavy atom. The van der Waals surface area contributed by atoms with Gasteiger partial charge in [-0.3, -0.25) is 10.1 Å². The van der Waals surface area contributed by atoms with Gasteiger partial charge in [-0.2, -0.15) is 0 Å². The van der Waals surface area contributed by atoms with Gasteiger partial charge in [-0.05, 0) is 13.8 Å². The second-order valence-corrected chi connectivity index (χ2v) is 7.74. The van der Waals surface area contributed by atoms with Crippen LogP contribution >= 0.6 is 22.9 Å². The van der Waals surface area contributed by atoms with Gasteiger partial charge in [0, 0.05) is 18.2 Å². The molecule has 18 heavy (non-hydrogen) atoms. The standard InChI is InChI=1S/C8H12ClN3O4S2/c1-8(2,4-10)11-18(15,16)6-3-5(12(13)14)7(9)17-6/h3,11H,4,10H2,1-2H3. The Morgan fingerprint density at radius 2 is 2.17 bits per heavy atom. The zero-order valence-electron chi connectivity index (χ0n) is 9.64. The quantitative estimate of drug-likeness (QED) is 0.628. The highest BCUT2D eigenvalue weighted by atomic mass is 35.5. The molecule has 0 unspecified atom stereocenters. The van der Waals surface area contributed by atoms with Crippen LogP contribution < -0.4 is 10.5 Å². The molecule has 7 nitrogen and oxygen atoms in total. The molecule has 3 N–H and O–H groups in total. The maximum atomic E-state index is 12.0. The Balaban J connectivity index is 3.14. The maximum absolute atomic E-state index is 12.0. The van der Waals surface area contributed by atoms with E-state index in [0.717, 1.165) is 6.07 Å². The average molecular weight is 314 g/mol. The number of nitrogens with zero attached hydrogens (tertiary/aromatic N) is 1. The van der Waals surface area contributed by atoms with E-state index in [1.807, 2.05) is 0 Å². The van der Waals surface area contributed by atoms with E-state index in [4.69, 9.17) is 17.3 Å². The fourth-order valence-corrected chi connectivity index (χ4v) is 4.14. The van der Waals surface area contributed by atoms with E-state index < -0.39 is 26.2 Å². The summed E-state index contributed by atoms with van der Waals surface area (Å²) >= 11 is 6.24. The van der Waals surface area contributed by atoms with E-state index in [1.54, 1.807) is 13.8 Å². The summed E-state index contributed by atoms with van der Waals surface area (Å²) in [5.41, 5.74) is 4.15. The molecule has 1 rings (SSSR count). The molecule has 1 aromatic heterocycles. The van der Waals surface area contributed by atoms with Crippen LogP contribution in [0.3, 0.4) is 0 Å². The largest absolute Gasteiger partial charge is 0.329 e. The number of hydrogen-bond donors (Lipinski definition) is 2. The van der Waals surface area contributed by atoms with Crippen LogP contribution in [0.4, 0.5) is 5.69 Å². The molecule has 0 aliphatic carbocycles. The molecule has 0 spiro atoms. The van der Waals surface area contributed by atoms with Crippen molar-refractivity contribution in [3.05, 3.63) is 20.5 Å². The molecule has 10 heteroatoms. The average Bonchev–Trinajstić information content (AvgIpc) is 2.59. The van der Waals surface area contributed by atoms with Crippen LogP contribution in [0.2, 0.25) is 4.34 Å². The van der Waals surface area contributed by atoms with Crippen molar-refractivity contribution < 1.29 is 13.3 Å². The van der Waals surface area contributed by atoms with Crippen molar-refractivity contribution in [3.63, 3.8) is 0 Å². The van der Waals surface area contributed by atoms with Gasteiger partial charge in [0.2, 0.25) is 0 Å². The summed E-state index contributed by atoms with van der Waals surface area (Å²) in [7, 11) is -3.87. The Hall–Kier alpha value is -0.740. The number of sulfonamides is 1. The predicted octanol–water partition coefficient (Wildman–Crippen LogP) is 1.33. The molecule has 1 heterocycles. The first-order chi connectivity index (χ1) is 8.09. The number of nitro groups is 1. The topological polar surface area (TPSA) is 115 Å². The molecular formula is C8H12ClN3O4S2. The Kier molecular flexibility index (Phi) is 4.34. The second kappa shape index (κ2) is 5.10. The van der Waals surface area contributed by atoms with E-state index in [2.05, 4.69) is 4.72 Å². The van der Waals surface area contributed by atoms with Crippen molar-refractivity contribution in [2.45, 2.75) is 23.6 Å². The lowest BCUT2D eigenvalue weighted by Crippen LogP contribution is -2.48. The monoisotopic (exact) mass is 313 g/mol. The molecule has 0 bridgehead atoms. The van der Waals surface area contributed by atoms with Gasteiger partial charge < -0.3 is 5.73 Å². The van der Waals surface area contributed by atoms with Gasteiger partial charge in [-0.1, -0.05) is 11.6 Å². The van der Waals surface area contributed by atoms with Gasteiger partial charge in [-0.15, -0.1) is 11.3 Å². The normalized spacial score (nSPS) is 12.7. The lowest BCUT2D eigenvalue weighted by molar-refractivity contribution is -0.384. The van der Waals surface area contributed by atoms with Crippen LogP contribution in [-0.2, 0) is 10.0 Å². The maximum Gasteiger partial charge on any atom is 0.300 e. The van der Waals surface area contributed by atoms with Crippen LogP contribution in [0.1, 0.15) is 13.8 Å². The zero-order chi connectivity index (χ0) is 14.1. The van der Waals surface area contributed by atoms with Crippen LogP contribution in [0.15, 0.2) is 10.3 Å². The van der Waals surface area contributed by atoms with Gasteiger partial charge in [0.05, 0.1) is 4.92 Å². The fourth-order valence-electron chi connectivity index (χ4n) is 1.05. The first kappa shape index (κ1) is 15.3. The molecule has 0 saturated heterocycles. The van der Waals surface area contributed by atoms with Crippen LogP contribution in [0.25, 0.3) is 0 Å². The van der Waals surface area contributed by atoms with Crippen LogP contribution in [0, 0.1) is 10.1 Å². The van der Waals surface area contributed by atoms with E-state index in [-0.39, 0.29) is 15.1 Å². The van der Waals surface area contributed by atoms with E-state index in [1.165, 1.54) is 0 Å². The number of nitrogens with two attached hydrogens (primary N) is 1. The SMILES string of the molecule is CC(C)(CN)NS(=O)(=O)c1cc([N+](=O)[O-])c(Cl)s1. The van der Waals surface area contributed by atoms with Crippen molar-refractivity contribution >= 4 is 38.6 Å². The molecule has 0 aliphatic rings. The van der Waals surface area contributed by atoms with E-state index in [0.29, 0.717) is 11.3 Å². The molecule has 1 aromatic rings. The molecule has 0 amide bonds. The summed E-state index contributed by atoms with van der Waals surface area (Å²) < 4.78 is 25.9. The molecule has 102 valence electrons. The van der Waals surface area contributed by atoms with Gasteiger partial charge in [0.15, 0.2) is 4.34 Å². The van der Waals surface area contributed by atoms with E-state index in [9.17, 15) is 18.5 Å². The highest BCUT2D eigenvalue weighted by Gasteiger charge is 2.29. The minimum atomic E-state index is -3.87. The summed E-state index contributed by atoms with van der Waals surface area (Å²) in [5, 5.41) is 10.6. The van der Waals surface area contributed by atoms with Gasteiger partial charge in [0.1, 0.15) is 4.21 Å². The summed E-state index contributed by atoms with van der Waals surface area (Å²) in [4.78, 5) is 9.87. The van der Waals surface area contributed by atoms with Crippen molar-refractivity contribution in [1.29, 1.82) is 0 Å². The lowest BCUT2D eigenvalue weighted by atomic mass is 10.1. The minimum absolute atomic E-state index is 0.0907. The Labute approximate surface area is 113 Å². The first-order valence-electron chi connectivity index (χ1n) is 4.77. The molecular weight excluding hydrogens is 302 g/mol. The van der Waals surface area contributed by atoms with Crippen molar-refractivity contribution in [1.82, 2.24) is 4.72 Å². The highest BCUT2D eigenvalue weighted by molar-refractivity contribution is 7.91. The molecule has 0 aromatic carbocycles. The Bertz CT molecular complexity index is 567. The molecule has 0 saturated carbocycles. The number of nitrogens with one attached hydrogen (secondary N) is 1. The van der Waals surface area contributed by atoms with Crippen LogP contribution in [0.5, 0.6) is 0 Å². The third kappa shape index (κ3) is 3.39. The molecule has 0 fully saturated rings. The fraction of sp³-hybridized carbons (Fsp3) is 0.500. The van der Waals surface area contributed by atoms with Crippen LogP contribution in [-0.4, -0.2) is 25.4 Å². The zero-order valence-corrected chi connectivity index (χ0v) is 12.0. The second-order valence-electron chi connectivity index (χ2n) is 4.17. The minimum Gasteiger partial charge on any atom is -0.329 e. The highest BCUT2D eigenvalue weighted by Crippen LogP contribution is 2.36. The predicted molar refractivity (Wildman–Crippen MR) is 69.4 cm³/mol. The number of thiophene rings is 1. The molecule has 0 atom stereocenters. The number of rotatable bonds is 5. The summed E-state index contributed by atoms with van der Waals surface area (Å²) in [5.74, 6) is 0. The number of halogens is 1. The first-order valence-corrected chi connectivity index (χ1v) is 7.44. The summed E-state index contributed by atoms with van der Waals surface area (Å²) in [6.45, 7) is 3.30. The smallest absolute Gasteiger partial charge is 0.300 e.